The SMILES string of the molecule is CCCN[I-]S(=O)(=O)c1ccc(-c2cccnc2N2CCCC2)cc1. The Hall–Kier alpha value is -1.19. The van der Waals surface area contributed by atoms with Crippen molar-refractivity contribution < 1.29 is 28.5 Å². The molecule has 1 N–H and O–H groups in total. The van der Waals surface area contributed by atoms with E-state index in [1.54, 1.807) is 12.1 Å². The van der Waals surface area contributed by atoms with E-state index in [1.807, 2.05) is 31.3 Å². The van der Waals surface area contributed by atoms with Crippen LogP contribution in [0.4, 0.5) is 5.82 Å². The van der Waals surface area contributed by atoms with E-state index in [0.717, 1.165) is 43.0 Å². The summed E-state index contributed by atoms with van der Waals surface area (Å²) in [5, 5.41) is 0. The van der Waals surface area contributed by atoms with E-state index in [1.165, 1.54) is 12.8 Å². The summed E-state index contributed by atoms with van der Waals surface area (Å²) in [5.74, 6) is 0.993. The van der Waals surface area contributed by atoms with Crippen LogP contribution in [-0.2, 0) is 7.01 Å². The molecule has 5 nitrogen and oxygen atoms in total. The molecule has 7 heteroatoms. The van der Waals surface area contributed by atoms with Crippen molar-refractivity contribution in [2.75, 3.05) is 24.5 Å². The van der Waals surface area contributed by atoms with Crippen molar-refractivity contribution in [1.82, 2.24) is 8.51 Å². The maximum atomic E-state index is 12.4. The predicted molar refractivity (Wildman–Crippen MR) is 96.6 cm³/mol. The summed E-state index contributed by atoms with van der Waals surface area (Å²) in [4.78, 5) is 7.27. The molecule has 0 saturated carbocycles. The number of rotatable bonds is 7. The second kappa shape index (κ2) is 8.46. The maximum absolute atomic E-state index is 12.4. The molecule has 3 rings (SSSR count). The van der Waals surface area contributed by atoms with Crippen molar-refractivity contribution >= 4 is 12.8 Å². The van der Waals surface area contributed by atoms with Crippen molar-refractivity contribution in [2.45, 2.75) is 31.1 Å². The van der Waals surface area contributed by atoms with Gasteiger partial charge in [-0.15, -0.1) is 0 Å². The van der Waals surface area contributed by atoms with Crippen LogP contribution < -0.4 is 28.5 Å². The molecule has 25 heavy (non-hydrogen) atoms. The number of pyridine rings is 1. The summed E-state index contributed by atoms with van der Waals surface area (Å²) in [7, 11) is -3.18. The van der Waals surface area contributed by atoms with Crippen LogP contribution in [0, 0.1) is 0 Å². The zero-order chi connectivity index (χ0) is 17.7. The number of halogens is 1. The molecule has 0 spiro atoms. The Kier molecular flexibility index (Phi) is 6.29. The minimum absolute atomic E-state index is 0.402. The molecule has 1 aliphatic heterocycles. The van der Waals surface area contributed by atoms with Gasteiger partial charge in [0.1, 0.15) is 0 Å². The van der Waals surface area contributed by atoms with E-state index in [9.17, 15) is 8.42 Å². The van der Waals surface area contributed by atoms with Gasteiger partial charge in [0.15, 0.2) is 0 Å². The molecule has 1 aromatic heterocycles. The standard InChI is InChI=1S/C18H23IN3O2S/c1-2-11-21-19-25(23,24)16-9-7-15(8-10-16)17-6-5-12-20-18(17)22-13-3-4-14-22/h5-10,12,21H,2-4,11,13-14H2,1H3/q-1. The summed E-state index contributed by atoms with van der Waals surface area (Å²) in [6.45, 7) is 4.84. The average molecular weight is 472 g/mol. The van der Waals surface area contributed by atoms with E-state index in [4.69, 9.17) is 0 Å². The summed E-state index contributed by atoms with van der Waals surface area (Å²) >= 11 is -1.08. The number of hydrogen-bond acceptors (Lipinski definition) is 5. The van der Waals surface area contributed by atoms with E-state index in [-0.39, 0.29) is 0 Å². The average Bonchev–Trinajstić information content (AvgIpc) is 3.16. The van der Waals surface area contributed by atoms with Crippen LogP contribution >= 0.6 is 0 Å². The molecule has 1 fully saturated rings. The number of benzene rings is 1. The van der Waals surface area contributed by atoms with Gasteiger partial charge in [0.05, 0.1) is 0 Å². The quantitative estimate of drug-likeness (QED) is 0.267. The third kappa shape index (κ3) is 4.51. The van der Waals surface area contributed by atoms with Gasteiger partial charge in [-0.25, -0.2) is 0 Å². The fraction of sp³-hybridized carbons (Fsp3) is 0.389. The Balaban J connectivity index is 1.84. The van der Waals surface area contributed by atoms with Gasteiger partial charge in [0, 0.05) is 0 Å². The molecule has 136 valence electrons. The van der Waals surface area contributed by atoms with Gasteiger partial charge >= 0.3 is 159 Å². The normalized spacial score (nSPS) is 15.0. The van der Waals surface area contributed by atoms with E-state index >= 15 is 0 Å². The van der Waals surface area contributed by atoms with Crippen molar-refractivity contribution in [2.24, 2.45) is 0 Å². The molecule has 0 aliphatic carbocycles. The molecule has 2 aromatic rings. The van der Waals surface area contributed by atoms with E-state index < -0.39 is 27.1 Å². The molecule has 2 heterocycles. The third-order valence-electron chi connectivity index (χ3n) is 4.14. The summed E-state index contributed by atoms with van der Waals surface area (Å²) < 4.78 is 27.9. The van der Waals surface area contributed by atoms with Crippen LogP contribution in [0.5, 0.6) is 0 Å². The molecule has 0 radical (unpaired) electrons. The predicted octanol–water partition coefficient (Wildman–Crippen LogP) is 0.0411. The van der Waals surface area contributed by atoms with Crippen LogP contribution in [0.3, 0.4) is 0 Å². The number of nitrogens with one attached hydrogen (secondary N) is 1. The van der Waals surface area contributed by atoms with Crippen molar-refractivity contribution in [3.05, 3.63) is 42.6 Å². The molecule has 0 atom stereocenters. The first-order chi connectivity index (χ1) is 12.1. The fourth-order valence-electron chi connectivity index (χ4n) is 2.85. The zero-order valence-electron chi connectivity index (χ0n) is 14.3. The molecule has 0 unspecified atom stereocenters. The summed E-state index contributed by atoms with van der Waals surface area (Å²) in [6.07, 6.45) is 5.15. The Morgan fingerprint density at radius 3 is 2.56 bits per heavy atom. The molecule has 0 amide bonds. The first-order valence-electron chi connectivity index (χ1n) is 8.56. The van der Waals surface area contributed by atoms with Crippen LogP contribution in [0.25, 0.3) is 11.1 Å². The number of anilines is 1. The molecule has 1 aliphatic rings. The van der Waals surface area contributed by atoms with Gasteiger partial charge in [-0.3, -0.25) is 0 Å². The molecular formula is C18H23IN3O2S-. The van der Waals surface area contributed by atoms with Gasteiger partial charge in [-0.2, -0.15) is 0 Å². The molecule has 1 aromatic carbocycles. The third-order valence-corrected chi connectivity index (χ3v) is 10.0. The Morgan fingerprint density at radius 1 is 1.16 bits per heavy atom. The topological polar surface area (TPSA) is 62.3 Å². The number of hydrogen-bond donors (Lipinski definition) is 1. The van der Waals surface area contributed by atoms with Gasteiger partial charge in [-0.05, 0) is 0 Å². The van der Waals surface area contributed by atoms with Gasteiger partial charge < -0.3 is 0 Å². The number of nitrogens with zero attached hydrogens (tertiary/aromatic N) is 2. The first-order valence-corrected chi connectivity index (χ1v) is 13.7. The van der Waals surface area contributed by atoms with Crippen molar-refractivity contribution in [3.8, 4) is 11.1 Å². The van der Waals surface area contributed by atoms with Gasteiger partial charge in [0.25, 0.3) is 0 Å². The Morgan fingerprint density at radius 2 is 1.88 bits per heavy atom. The van der Waals surface area contributed by atoms with Crippen molar-refractivity contribution in [3.63, 3.8) is 0 Å². The molecule has 0 bridgehead atoms. The zero-order valence-corrected chi connectivity index (χ0v) is 17.3. The first kappa shape index (κ1) is 18.6. The van der Waals surface area contributed by atoms with Crippen LogP contribution in [0.15, 0.2) is 47.5 Å². The van der Waals surface area contributed by atoms with E-state index in [0.29, 0.717) is 4.90 Å². The number of aromatic nitrogens is 1. The minimum atomic E-state index is -3.18. The molecule has 1 saturated heterocycles. The molecular weight excluding hydrogens is 449 g/mol. The fourth-order valence-corrected chi connectivity index (χ4v) is 7.69. The summed E-state index contributed by atoms with van der Waals surface area (Å²) in [6, 6.07) is 11.2. The Labute approximate surface area is 158 Å². The monoisotopic (exact) mass is 472 g/mol. The second-order valence-electron chi connectivity index (χ2n) is 5.99. The van der Waals surface area contributed by atoms with E-state index in [2.05, 4.69) is 19.5 Å². The van der Waals surface area contributed by atoms with Gasteiger partial charge in [0.2, 0.25) is 0 Å². The van der Waals surface area contributed by atoms with Crippen LogP contribution in [0.1, 0.15) is 26.2 Å². The van der Waals surface area contributed by atoms with Gasteiger partial charge in [-0.1, -0.05) is 0 Å². The Bertz CT molecular complexity index is 803. The van der Waals surface area contributed by atoms with Crippen molar-refractivity contribution in [1.29, 1.82) is 0 Å². The summed E-state index contributed by atoms with van der Waals surface area (Å²) in [5.41, 5.74) is 2.07. The second-order valence-corrected chi connectivity index (χ2v) is 13.1. The van der Waals surface area contributed by atoms with Crippen LogP contribution in [0.2, 0.25) is 0 Å². The van der Waals surface area contributed by atoms with Crippen LogP contribution in [-0.4, -0.2) is 33.0 Å².